The molecule has 0 unspecified atom stereocenters. The van der Waals surface area contributed by atoms with Gasteiger partial charge in [-0.15, -0.1) is 0 Å². The molecule has 0 atom stereocenters. The van der Waals surface area contributed by atoms with Crippen LogP contribution in [0.4, 0.5) is 0 Å². The van der Waals surface area contributed by atoms with E-state index in [1.54, 1.807) is 12.4 Å². The van der Waals surface area contributed by atoms with Gasteiger partial charge in [-0.25, -0.2) is 4.98 Å². The summed E-state index contributed by atoms with van der Waals surface area (Å²) < 4.78 is 5.66. The van der Waals surface area contributed by atoms with Gasteiger partial charge in [0.05, 0.1) is 18.5 Å². The van der Waals surface area contributed by atoms with Crippen molar-refractivity contribution in [1.29, 1.82) is 0 Å². The van der Waals surface area contributed by atoms with Gasteiger partial charge in [-0.3, -0.25) is 9.97 Å². The molecule has 112 valence electrons. The minimum Gasteiger partial charge on any atom is -0.477 e. The Morgan fingerprint density at radius 1 is 1.14 bits per heavy atom. The monoisotopic (exact) mass is 286 g/mol. The van der Waals surface area contributed by atoms with E-state index < -0.39 is 0 Å². The summed E-state index contributed by atoms with van der Waals surface area (Å²) >= 11 is 0. The van der Waals surface area contributed by atoms with Gasteiger partial charge in [0.15, 0.2) is 0 Å². The minimum absolute atomic E-state index is 0.428. The third-order valence-electron chi connectivity index (χ3n) is 2.96. The SMILES string of the molecule is CC(C)NCc1cncc(OCCCc2ccncc2)n1. The molecule has 0 bridgehead atoms. The highest BCUT2D eigenvalue weighted by Gasteiger charge is 2.01. The number of aryl methyl sites for hydroxylation is 1. The first-order valence-corrected chi connectivity index (χ1v) is 7.30. The van der Waals surface area contributed by atoms with Crippen LogP contribution in [0.1, 0.15) is 31.5 Å². The Hall–Kier alpha value is -2.01. The standard InChI is InChI=1S/C16H22N4O/c1-13(2)19-11-15-10-18-12-16(20-15)21-9-3-4-14-5-7-17-8-6-14/h5-8,10,12-13,19H,3-4,9,11H2,1-2H3. The van der Waals surface area contributed by atoms with E-state index in [0.717, 1.165) is 18.5 Å². The zero-order valence-electron chi connectivity index (χ0n) is 12.6. The number of hydrogen-bond acceptors (Lipinski definition) is 5. The molecule has 0 saturated heterocycles. The van der Waals surface area contributed by atoms with Crippen LogP contribution in [-0.4, -0.2) is 27.6 Å². The molecule has 2 aromatic rings. The van der Waals surface area contributed by atoms with Crippen LogP contribution in [0.5, 0.6) is 5.88 Å². The zero-order chi connectivity index (χ0) is 14.9. The lowest BCUT2D eigenvalue weighted by Crippen LogP contribution is -2.22. The number of pyridine rings is 1. The van der Waals surface area contributed by atoms with Crippen LogP contribution in [0.15, 0.2) is 36.9 Å². The van der Waals surface area contributed by atoms with Gasteiger partial charge in [0.1, 0.15) is 0 Å². The summed E-state index contributed by atoms with van der Waals surface area (Å²) in [6.07, 6.45) is 8.97. The molecule has 0 aromatic carbocycles. The van der Waals surface area contributed by atoms with Gasteiger partial charge in [-0.1, -0.05) is 13.8 Å². The predicted molar refractivity (Wildman–Crippen MR) is 82.1 cm³/mol. The maximum Gasteiger partial charge on any atom is 0.232 e. The molecule has 0 aliphatic heterocycles. The molecule has 2 aromatic heterocycles. The highest BCUT2D eigenvalue weighted by molar-refractivity contribution is 5.10. The van der Waals surface area contributed by atoms with E-state index in [2.05, 4.69) is 34.1 Å². The van der Waals surface area contributed by atoms with Crippen molar-refractivity contribution in [2.24, 2.45) is 0 Å². The molecule has 0 aliphatic carbocycles. The fraction of sp³-hybridized carbons (Fsp3) is 0.438. The van der Waals surface area contributed by atoms with Crippen molar-refractivity contribution in [1.82, 2.24) is 20.3 Å². The lowest BCUT2D eigenvalue weighted by Gasteiger charge is -2.09. The van der Waals surface area contributed by atoms with Crippen LogP contribution < -0.4 is 10.1 Å². The van der Waals surface area contributed by atoms with E-state index in [1.807, 2.05) is 24.5 Å². The van der Waals surface area contributed by atoms with Gasteiger partial charge in [-0.2, -0.15) is 0 Å². The summed E-state index contributed by atoms with van der Waals surface area (Å²) in [4.78, 5) is 12.6. The van der Waals surface area contributed by atoms with Gasteiger partial charge in [0, 0.05) is 31.2 Å². The number of hydrogen-bond donors (Lipinski definition) is 1. The Morgan fingerprint density at radius 2 is 1.95 bits per heavy atom. The molecule has 0 aliphatic rings. The Labute approximate surface area is 125 Å². The first kappa shape index (κ1) is 15.4. The molecular weight excluding hydrogens is 264 g/mol. The van der Waals surface area contributed by atoms with Crippen molar-refractivity contribution in [3.05, 3.63) is 48.2 Å². The van der Waals surface area contributed by atoms with E-state index in [4.69, 9.17) is 4.74 Å². The maximum absolute atomic E-state index is 5.66. The second kappa shape index (κ2) is 8.32. The van der Waals surface area contributed by atoms with Gasteiger partial charge in [0.2, 0.25) is 5.88 Å². The number of rotatable bonds is 8. The Kier molecular flexibility index (Phi) is 6.09. The van der Waals surface area contributed by atoms with Crippen LogP contribution in [0, 0.1) is 0 Å². The fourth-order valence-electron chi connectivity index (χ4n) is 1.85. The molecule has 21 heavy (non-hydrogen) atoms. The molecule has 0 fully saturated rings. The second-order valence-electron chi connectivity index (χ2n) is 5.19. The van der Waals surface area contributed by atoms with Crippen LogP contribution in [-0.2, 0) is 13.0 Å². The molecule has 5 heteroatoms. The van der Waals surface area contributed by atoms with Gasteiger partial charge in [0.25, 0.3) is 0 Å². The lowest BCUT2D eigenvalue weighted by atomic mass is 10.1. The maximum atomic E-state index is 5.66. The number of ether oxygens (including phenoxy) is 1. The zero-order valence-corrected chi connectivity index (χ0v) is 12.6. The lowest BCUT2D eigenvalue weighted by molar-refractivity contribution is 0.296. The first-order valence-electron chi connectivity index (χ1n) is 7.30. The van der Waals surface area contributed by atoms with Crippen LogP contribution in [0.3, 0.4) is 0 Å². The molecule has 0 saturated carbocycles. The molecule has 5 nitrogen and oxygen atoms in total. The van der Waals surface area contributed by atoms with Crippen LogP contribution >= 0.6 is 0 Å². The topological polar surface area (TPSA) is 59.9 Å². The van der Waals surface area contributed by atoms with Crippen molar-refractivity contribution in [2.75, 3.05) is 6.61 Å². The van der Waals surface area contributed by atoms with E-state index >= 15 is 0 Å². The largest absolute Gasteiger partial charge is 0.477 e. The third kappa shape index (κ3) is 5.87. The third-order valence-corrected chi connectivity index (χ3v) is 2.96. The Bertz CT molecular complexity index is 531. The summed E-state index contributed by atoms with van der Waals surface area (Å²) in [7, 11) is 0. The number of aromatic nitrogens is 3. The minimum atomic E-state index is 0.428. The number of nitrogens with zero attached hydrogens (tertiary/aromatic N) is 3. The van der Waals surface area contributed by atoms with E-state index in [9.17, 15) is 0 Å². The summed E-state index contributed by atoms with van der Waals surface area (Å²) in [6.45, 7) is 5.55. The molecule has 0 amide bonds. The predicted octanol–water partition coefficient (Wildman–Crippen LogP) is 2.38. The fourth-order valence-corrected chi connectivity index (χ4v) is 1.85. The quantitative estimate of drug-likeness (QED) is 0.755. The summed E-state index contributed by atoms with van der Waals surface area (Å²) in [5.41, 5.74) is 2.17. The summed E-state index contributed by atoms with van der Waals surface area (Å²) in [6, 6.07) is 4.48. The average molecular weight is 286 g/mol. The van der Waals surface area contributed by atoms with Crippen molar-refractivity contribution < 1.29 is 4.74 Å². The van der Waals surface area contributed by atoms with Crippen molar-refractivity contribution in [3.8, 4) is 5.88 Å². The normalized spacial score (nSPS) is 10.8. The molecule has 0 radical (unpaired) electrons. The van der Waals surface area contributed by atoms with Gasteiger partial charge >= 0.3 is 0 Å². The summed E-state index contributed by atoms with van der Waals surface area (Å²) in [5, 5.41) is 3.31. The van der Waals surface area contributed by atoms with E-state index in [-0.39, 0.29) is 0 Å². The smallest absolute Gasteiger partial charge is 0.232 e. The highest BCUT2D eigenvalue weighted by Crippen LogP contribution is 2.07. The molecule has 2 heterocycles. The molecule has 0 spiro atoms. The molecular formula is C16H22N4O. The number of nitrogens with one attached hydrogen (secondary N) is 1. The highest BCUT2D eigenvalue weighted by atomic mass is 16.5. The Balaban J connectivity index is 1.74. The average Bonchev–Trinajstić information content (AvgIpc) is 2.51. The Morgan fingerprint density at radius 3 is 2.71 bits per heavy atom. The van der Waals surface area contributed by atoms with Crippen LogP contribution in [0.25, 0.3) is 0 Å². The van der Waals surface area contributed by atoms with Crippen molar-refractivity contribution >= 4 is 0 Å². The van der Waals surface area contributed by atoms with Crippen molar-refractivity contribution in [2.45, 2.75) is 39.3 Å². The first-order chi connectivity index (χ1) is 10.2. The molecule has 1 N–H and O–H groups in total. The van der Waals surface area contributed by atoms with Gasteiger partial charge < -0.3 is 10.1 Å². The molecule has 2 rings (SSSR count). The second-order valence-corrected chi connectivity index (χ2v) is 5.19. The van der Waals surface area contributed by atoms with Gasteiger partial charge in [-0.05, 0) is 30.5 Å². The van der Waals surface area contributed by atoms with Crippen molar-refractivity contribution in [3.63, 3.8) is 0 Å². The van der Waals surface area contributed by atoms with E-state index in [1.165, 1.54) is 5.56 Å². The van der Waals surface area contributed by atoms with Crippen LogP contribution in [0.2, 0.25) is 0 Å². The summed E-state index contributed by atoms with van der Waals surface area (Å²) in [5.74, 6) is 0.591. The van der Waals surface area contributed by atoms with E-state index in [0.29, 0.717) is 25.1 Å².